The molecule has 1 aromatic carbocycles. The molecule has 0 aliphatic rings. The summed E-state index contributed by atoms with van der Waals surface area (Å²) in [5.41, 5.74) is 0.944. The van der Waals surface area contributed by atoms with Crippen molar-refractivity contribution in [3.05, 3.63) is 58.5 Å². The number of pyridine rings is 1. The summed E-state index contributed by atoms with van der Waals surface area (Å²) >= 11 is 11.7. The first-order valence-corrected chi connectivity index (χ1v) is 8.36. The van der Waals surface area contributed by atoms with E-state index in [0.29, 0.717) is 10.7 Å². The average molecular weight is 407 g/mol. The summed E-state index contributed by atoms with van der Waals surface area (Å²) in [6.07, 6.45) is 1.70. The van der Waals surface area contributed by atoms with Gasteiger partial charge in [-0.15, -0.1) is 5.10 Å². The Morgan fingerprint density at radius 2 is 1.96 bits per heavy atom. The maximum Gasteiger partial charge on any atom is 0.338 e. The molecule has 0 aliphatic heterocycles. The molecule has 1 amide bonds. The number of carbonyl (C=O) groups is 2. The van der Waals surface area contributed by atoms with Gasteiger partial charge in [0.2, 0.25) is 0 Å². The normalized spacial score (nSPS) is 11.7. The van der Waals surface area contributed by atoms with Crippen molar-refractivity contribution in [2.24, 2.45) is 0 Å². The van der Waals surface area contributed by atoms with Crippen LogP contribution in [0.1, 0.15) is 17.3 Å². The average Bonchev–Trinajstić information content (AvgIpc) is 3.18. The molecule has 3 aromatic rings. The standard InChI is InChI=1S/C16H12Cl2N6O3/c1-9(15(25)21-14-13(18)6-11(17)7-19-14)27-16(26)10-2-4-12(5-3-10)24-8-20-22-23-24/h2-9H,1H3,(H,19,21,25)/t9-/m0/s1. The third-order valence-corrected chi connectivity index (χ3v) is 3.91. The molecule has 11 heteroatoms. The Morgan fingerprint density at radius 1 is 1.22 bits per heavy atom. The molecule has 1 N–H and O–H groups in total. The third kappa shape index (κ3) is 4.57. The number of amides is 1. The summed E-state index contributed by atoms with van der Waals surface area (Å²) in [6, 6.07) is 7.82. The largest absolute Gasteiger partial charge is 0.449 e. The van der Waals surface area contributed by atoms with E-state index in [1.54, 1.807) is 24.3 Å². The van der Waals surface area contributed by atoms with Crippen LogP contribution in [0, 0.1) is 0 Å². The van der Waals surface area contributed by atoms with Gasteiger partial charge < -0.3 is 10.1 Å². The predicted octanol–water partition coefficient (Wildman–Crippen LogP) is 2.55. The van der Waals surface area contributed by atoms with Gasteiger partial charge in [-0.1, -0.05) is 23.2 Å². The molecule has 0 saturated carbocycles. The number of esters is 1. The van der Waals surface area contributed by atoms with Crippen molar-refractivity contribution >= 4 is 40.9 Å². The van der Waals surface area contributed by atoms with Gasteiger partial charge in [-0.25, -0.2) is 14.5 Å². The summed E-state index contributed by atoms with van der Waals surface area (Å²) in [6.45, 7) is 1.44. The Bertz CT molecular complexity index is 963. The second kappa shape index (κ2) is 8.11. The van der Waals surface area contributed by atoms with Crippen LogP contribution < -0.4 is 5.32 Å². The number of nitrogens with one attached hydrogen (secondary N) is 1. The second-order valence-electron chi connectivity index (χ2n) is 5.32. The van der Waals surface area contributed by atoms with E-state index in [9.17, 15) is 9.59 Å². The smallest absolute Gasteiger partial charge is 0.338 e. The van der Waals surface area contributed by atoms with Crippen molar-refractivity contribution in [2.45, 2.75) is 13.0 Å². The van der Waals surface area contributed by atoms with Crippen LogP contribution >= 0.6 is 23.2 Å². The molecule has 9 nitrogen and oxygen atoms in total. The molecule has 2 heterocycles. The van der Waals surface area contributed by atoms with Crippen molar-refractivity contribution in [1.29, 1.82) is 0 Å². The number of nitrogens with zero attached hydrogens (tertiary/aromatic N) is 5. The Hall–Kier alpha value is -3.04. The molecule has 138 valence electrons. The molecule has 0 unspecified atom stereocenters. The zero-order chi connectivity index (χ0) is 19.4. The van der Waals surface area contributed by atoms with Crippen LogP contribution in [-0.4, -0.2) is 43.2 Å². The second-order valence-corrected chi connectivity index (χ2v) is 6.17. The van der Waals surface area contributed by atoms with Gasteiger partial charge in [0.1, 0.15) is 6.33 Å². The maximum absolute atomic E-state index is 12.2. The monoisotopic (exact) mass is 406 g/mol. The van der Waals surface area contributed by atoms with E-state index in [-0.39, 0.29) is 16.4 Å². The summed E-state index contributed by atoms with van der Waals surface area (Å²) in [5.74, 6) is -1.11. The number of rotatable bonds is 5. The fourth-order valence-corrected chi connectivity index (χ4v) is 2.46. The lowest BCUT2D eigenvalue weighted by atomic mass is 10.2. The zero-order valence-corrected chi connectivity index (χ0v) is 15.3. The van der Waals surface area contributed by atoms with Crippen molar-refractivity contribution in [1.82, 2.24) is 25.2 Å². The maximum atomic E-state index is 12.2. The number of hydrogen-bond acceptors (Lipinski definition) is 7. The number of ether oxygens (including phenoxy) is 1. The summed E-state index contributed by atoms with van der Waals surface area (Å²) in [7, 11) is 0. The van der Waals surface area contributed by atoms with E-state index in [4.69, 9.17) is 27.9 Å². The van der Waals surface area contributed by atoms with Crippen LogP contribution in [0.15, 0.2) is 42.9 Å². The number of carbonyl (C=O) groups excluding carboxylic acids is 2. The number of aromatic nitrogens is 5. The molecule has 27 heavy (non-hydrogen) atoms. The molecule has 0 radical (unpaired) electrons. The van der Waals surface area contributed by atoms with E-state index < -0.39 is 18.0 Å². The first kappa shape index (κ1) is 18.7. The lowest BCUT2D eigenvalue weighted by molar-refractivity contribution is -0.123. The highest BCUT2D eigenvalue weighted by Crippen LogP contribution is 2.22. The minimum absolute atomic E-state index is 0.125. The number of anilines is 1. The molecule has 0 spiro atoms. The summed E-state index contributed by atoms with van der Waals surface area (Å²) < 4.78 is 6.61. The SMILES string of the molecule is C[C@H](OC(=O)c1ccc(-n2cnnn2)cc1)C(=O)Nc1ncc(Cl)cc1Cl. The molecular formula is C16H12Cl2N6O3. The lowest BCUT2D eigenvalue weighted by Gasteiger charge is -2.14. The Morgan fingerprint density at radius 3 is 2.59 bits per heavy atom. The molecule has 0 saturated heterocycles. The van der Waals surface area contributed by atoms with Gasteiger partial charge in [0, 0.05) is 6.20 Å². The van der Waals surface area contributed by atoms with Crippen molar-refractivity contribution in [2.75, 3.05) is 5.32 Å². The molecule has 0 fully saturated rings. The predicted molar refractivity (Wildman–Crippen MR) is 96.9 cm³/mol. The molecule has 3 rings (SSSR count). The molecule has 1 atom stereocenters. The zero-order valence-electron chi connectivity index (χ0n) is 13.8. The minimum atomic E-state index is -1.06. The summed E-state index contributed by atoms with van der Waals surface area (Å²) in [5, 5.41) is 13.8. The van der Waals surface area contributed by atoms with Crippen LogP contribution in [0.2, 0.25) is 10.0 Å². The van der Waals surface area contributed by atoms with Gasteiger partial charge in [-0.2, -0.15) is 0 Å². The van der Waals surface area contributed by atoms with Gasteiger partial charge in [0.05, 0.1) is 21.3 Å². The highest BCUT2D eigenvalue weighted by molar-refractivity contribution is 6.36. The van der Waals surface area contributed by atoms with E-state index in [1.807, 2.05) is 0 Å². The quantitative estimate of drug-likeness (QED) is 0.647. The third-order valence-electron chi connectivity index (χ3n) is 3.42. The van der Waals surface area contributed by atoms with Gasteiger partial charge in [-0.3, -0.25) is 4.79 Å². The Balaban J connectivity index is 1.62. The minimum Gasteiger partial charge on any atom is -0.449 e. The van der Waals surface area contributed by atoms with E-state index >= 15 is 0 Å². The van der Waals surface area contributed by atoms with Crippen LogP contribution in [0.25, 0.3) is 5.69 Å². The van der Waals surface area contributed by atoms with Crippen molar-refractivity contribution in [3.63, 3.8) is 0 Å². The first-order chi connectivity index (χ1) is 12.9. The lowest BCUT2D eigenvalue weighted by Crippen LogP contribution is -2.30. The van der Waals surface area contributed by atoms with Crippen LogP contribution in [-0.2, 0) is 9.53 Å². The van der Waals surface area contributed by atoms with Gasteiger partial charge in [0.25, 0.3) is 5.91 Å². The highest BCUT2D eigenvalue weighted by atomic mass is 35.5. The Labute approximate surface area is 163 Å². The van der Waals surface area contributed by atoms with E-state index in [0.717, 1.165) is 0 Å². The topological polar surface area (TPSA) is 112 Å². The molecular weight excluding hydrogens is 395 g/mol. The number of benzene rings is 1. The van der Waals surface area contributed by atoms with Gasteiger partial charge in [0.15, 0.2) is 11.9 Å². The van der Waals surface area contributed by atoms with Crippen molar-refractivity contribution < 1.29 is 14.3 Å². The fraction of sp³-hybridized carbons (Fsp3) is 0.125. The molecule has 2 aromatic heterocycles. The molecule has 0 aliphatic carbocycles. The molecule has 0 bridgehead atoms. The van der Waals surface area contributed by atoms with Gasteiger partial charge in [-0.05, 0) is 47.7 Å². The van der Waals surface area contributed by atoms with Crippen molar-refractivity contribution in [3.8, 4) is 5.69 Å². The van der Waals surface area contributed by atoms with Gasteiger partial charge >= 0.3 is 5.97 Å². The Kier molecular flexibility index (Phi) is 5.63. The highest BCUT2D eigenvalue weighted by Gasteiger charge is 2.20. The number of hydrogen-bond donors (Lipinski definition) is 1. The van der Waals surface area contributed by atoms with Crippen LogP contribution in [0.3, 0.4) is 0 Å². The fourth-order valence-electron chi connectivity index (χ4n) is 2.04. The number of halogens is 2. The number of tetrazole rings is 1. The summed E-state index contributed by atoms with van der Waals surface area (Å²) in [4.78, 5) is 28.3. The van der Waals surface area contributed by atoms with Crippen LogP contribution in [0.4, 0.5) is 5.82 Å². The van der Waals surface area contributed by atoms with E-state index in [1.165, 1.54) is 30.2 Å². The van der Waals surface area contributed by atoms with Crippen LogP contribution in [0.5, 0.6) is 0 Å². The first-order valence-electron chi connectivity index (χ1n) is 7.60. The van der Waals surface area contributed by atoms with E-state index in [2.05, 4.69) is 25.8 Å².